The maximum absolute atomic E-state index is 12.2. The number of carboxylic acid groups (broad SMARTS) is 1. The van der Waals surface area contributed by atoms with Crippen LogP contribution in [0.5, 0.6) is 0 Å². The van der Waals surface area contributed by atoms with E-state index in [1.54, 1.807) is 11.1 Å². The number of likely N-dealkylation sites (tertiary alicyclic amines) is 1. The lowest BCUT2D eigenvalue weighted by molar-refractivity contribution is -0.153. The van der Waals surface area contributed by atoms with E-state index in [1.807, 2.05) is 32.9 Å². The van der Waals surface area contributed by atoms with Gasteiger partial charge in [-0.05, 0) is 38.8 Å². The third kappa shape index (κ3) is 2.66. The van der Waals surface area contributed by atoms with Crippen molar-refractivity contribution in [3.05, 3.63) is 29.6 Å². The Labute approximate surface area is 118 Å². The van der Waals surface area contributed by atoms with Gasteiger partial charge in [0.2, 0.25) is 5.91 Å². The molecule has 5 heteroatoms. The van der Waals surface area contributed by atoms with Crippen LogP contribution < -0.4 is 0 Å². The van der Waals surface area contributed by atoms with E-state index in [4.69, 9.17) is 0 Å². The molecule has 2 heterocycles. The fraction of sp³-hybridized carbons (Fsp3) is 0.533. The minimum absolute atomic E-state index is 0.00451. The molecule has 1 aromatic rings. The van der Waals surface area contributed by atoms with Gasteiger partial charge in [0.25, 0.3) is 0 Å². The van der Waals surface area contributed by atoms with Gasteiger partial charge in [0.05, 0.1) is 17.7 Å². The van der Waals surface area contributed by atoms with E-state index in [-0.39, 0.29) is 18.4 Å². The summed E-state index contributed by atoms with van der Waals surface area (Å²) in [6.45, 7) is 5.74. The van der Waals surface area contributed by atoms with Crippen molar-refractivity contribution < 1.29 is 14.7 Å². The average molecular weight is 276 g/mol. The van der Waals surface area contributed by atoms with Gasteiger partial charge >= 0.3 is 5.97 Å². The Kier molecular flexibility index (Phi) is 4.06. The lowest BCUT2D eigenvalue weighted by Gasteiger charge is -2.41. The topological polar surface area (TPSA) is 70.5 Å². The predicted octanol–water partition coefficient (Wildman–Crippen LogP) is 2.16. The molecule has 0 radical (unpaired) electrons. The average Bonchev–Trinajstić information content (AvgIpc) is 2.38. The second kappa shape index (κ2) is 5.61. The van der Waals surface area contributed by atoms with Gasteiger partial charge in [-0.25, -0.2) is 0 Å². The van der Waals surface area contributed by atoms with Gasteiger partial charge in [0, 0.05) is 18.7 Å². The van der Waals surface area contributed by atoms with E-state index in [0.717, 1.165) is 5.56 Å². The Morgan fingerprint density at radius 3 is 2.65 bits per heavy atom. The molecule has 0 aliphatic carbocycles. The zero-order valence-corrected chi connectivity index (χ0v) is 12.0. The van der Waals surface area contributed by atoms with Crippen molar-refractivity contribution in [3.8, 4) is 0 Å². The number of aliphatic carboxylic acids is 1. The quantitative estimate of drug-likeness (QED) is 0.918. The molecule has 1 fully saturated rings. The monoisotopic (exact) mass is 276 g/mol. The highest BCUT2D eigenvalue weighted by Gasteiger charge is 2.42. The van der Waals surface area contributed by atoms with Crippen molar-refractivity contribution in [1.29, 1.82) is 0 Å². The smallest absolute Gasteiger partial charge is 0.309 e. The highest BCUT2D eigenvalue weighted by molar-refractivity contribution is 5.81. The molecule has 1 saturated heterocycles. The minimum atomic E-state index is -0.865. The second-order valence-corrected chi connectivity index (χ2v) is 5.58. The van der Waals surface area contributed by atoms with Crippen LogP contribution in [0.25, 0.3) is 0 Å². The number of hydrogen-bond donors (Lipinski definition) is 1. The van der Waals surface area contributed by atoms with Gasteiger partial charge in [-0.2, -0.15) is 0 Å². The maximum Gasteiger partial charge on any atom is 0.309 e. The molecule has 5 nitrogen and oxygen atoms in total. The lowest BCUT2D eigenvalue weighted by Crippen LogP contribution is -2.48. The van der Waals surface area contributed by atoms with Crippen LogP contribution in [0.2, 0.25) is 0 Å². The number of carbonyl (C=O) groups is 2. The van der Waals surface area contributed by atoms with E-state index in [2.05, 4.69) is 4.98 Å². The molecule has 0 saturated carbocycles. The standard InChI is InChI=1S/C15H20N2O3/c1-9(2)17-13(18)7-5-11(15(19)20)14(17)12-6-4-10(3)8-16-12/h4,6,8-9,11,14H,5,7H2,1-3H3,(H,19,20). The largest absolute Gasteiger partial charge is 0.481 e. The first kappa shape index (κ1) is 14.5. The number of piperidine rings is 1. The number of hydrogen-bond acceptors (Lipinski definition) is 3. The number of amides is 1. The van der Waals surface area contributed by atoms with E-state index in [9.17, 15) is 14.7 Å². The van der Waals surface area contributed by atoms with Gasteiger partial charge in [-0.15, -0.1) is 0 Å². The van der Waals surface area contributed by atoms with Crippen molar-refractivity contribution in [3.63, 3.8) is 0 Å². The van der Waals surface area contributed by atoms with E-state index < -0.39 is 17.9 Å². The number of rotatable bonds is 3. The van der Waals surface area contributed by atoms with Crippen molar-refractivity contribution >= 4 is 11.9 Å². The number of aromatic nitrogens is 1. The molecular formula is C15H20N2O3. The second-order valence-electron chi connectivity index (χ2n) is 5.58. The van der Waals surface area contributed by atoms with Crippen LogP contribution in [0, 0.1) is 12.8 Å². The fourth-order valence-electron chi connectivity index (χ4n) is 2.79. The molecule has 0 spiro atoms. The van der Waals surface area contributed by atoms with Gasteiger partial charge in [-0.1, -0.05) is 6.07 Å². The van der Waals surface area contributed by atoms with Crippen LogP contribution in [-0.2, 0) is 9.59 Å². The molecular weight excluding hydrogens is 256 g/mol. The molecule has 1 amide bonds. The van der Waals surface area contributed by atoms with Gasteiger partial charge in [0.15, 0.2) is 0 Å². The van der Waals surface area contributed by atoms with Crippen molar-refractivity contribution in [1.82, 2.24) is 9.88 Å². The van der Waals surface area contributed by atoms with Gasteiger partial charge < -0.3 is 10.0 Å². The summed E-state index contributed by atoms with van der Waals surface area (Å²) in [6.07, 6.45) is 2.38. The summed E-state index contributed by atoms with van der Waals surface area (Å²) in [5.74, 6) is -1.45. The number of carboxylic acids is 1. The SMILES string of the molecule is Cc1ccc(C2C(C(=O)O)CCC(=O)N2C(C)C)nc1. The summed E-state index contributed by atoms with van der Waals surface area (Å²) in [5, 5.41) is 9.44. The molecule has 108 valence electrons. The molecule has 20 heavy (non-hydrogen) atoms. The summed E-state index contributed by atoms with van der Waals surface area (Å²) < 4.78 is 0. The molecule has 1 N–H and O–H groups in total. The van der Waals surface area contributed by atoms with Crippen LogP contribution >= 0.6 is 0 Å². The Morgan fingerprint density at radius 1 is 1.45 bits per heavy atom. The number of aryl methyl sites for hydroxylation is 1. The van der Waals surface area contributed by atoms with Crippen LogP contribution in [0.1, 0.15) is 44.0 Å². The summed E-state index contributed by atoms with van der Waals surface area (Å²) in [4.78, 5) is 29.7. The summed E-state index contributed by atoms with van der Waals surface area (Å²) in [6, 6.07) is 3.20. The van der Waals surface area contributed by atoms with Crippen LogP contribution in [0.4, 0.5) is 0 Å². The van der Waals surface area contributed by atoms with E-state index >= 15 is 0 Å². The van der Waals surface area contributed by atoms with Crippen LogP contribution in [0.15, 0.2) is 18.3 Å². The van der Waals surface area contributed by atoms with E-state index in [1.165, 1.54) is 0 Å². The minimum Gasteiger partial charge on any atom is -0.481 e. The first-order valence-electron chi connectivity index (χ1n) is 6.88. The maximum atomic E-state index is 12.2. The number of pyridine rings is 1. The zero-order valence-electron chi connectivity index (χ0n) is 12.0. The molecule has 1 aliphatic rings. The highest BCUT2D eigenvalue weighted by atomic mass is 16.4. The normalized spacial score (nSPS) is 23.2. The van der Waals surface area contributed by atoms with Gasteiger partial charge in [0.1, 0.15) is 0 Å². The predicted molar refractivity (Wildman–Crippen MR) is 74.1 cm³/mol. The fourth-order valence-corrected chi connectivity index (χ4v) is 2.79. The van der Waals surface area contributed by atoms with Crippen molar-refractivity contribution in [2.24, 2.45) is 5.92 Å². The third-order valence-electron chi connectivity index (χ3n) is 3.75. The molecule has 0 bridgehead atoms. The molecule has 1 aliphatic heterocycles. The number of carbonyl (C=O) groups excluding carboxylic acids is 1. The molecule has 2 unspecified atom stereocenters. The van der Waals surface area contributed by atoms with Crippen molar-refractivity contribution in [2.45, 2.75) is 45.7 Å². The number of nitrogens with zero attached hydrogens (tertiary/aromatic N) is 2. The Hall–Kier alpha value is -1.91. The first-order valence-corrected chi connectivity index (χ1v) is 6.88. The molecule has 1 aromatic heterocycles. The zero-order chi connectivity index (χ0) is 14.9. The Bertz CT molecular complexity index is 510. The van der Waals surface area contributed by atoms with Gasteiger partial charge in [-0.3, -0.25) is 14.6 Å². The summed E-state index contributed by atoms with van der Waals surface area (Å²) >= 11 is 0. The van der Waals surface area contributed by atoms with Crippen molar-refractivity contribution in [2.75, 3.05) is 0 Å². The first-order chi connectivity index (χ1) is 9.41. The lowest BCUT2D eigenvalue weighted by atomic mass is 9.85. The Balaban J connectivity index is 2.45. The third-order valence-corrected chi connectivity index (χ3v) is 3.75. The Morgan fingerprint density at radius 2 is 2.15 bits per heavy atom. The molecule has 2 rings (SSSR count). The van der Waals surface area contributed by atoms with E-state index in [0.29, 0.717) is 12.1 Å². The van der Waals surface area contributed by atoms with Crippen LogP contribution in [-0.4, -0.2) is 32.9 Å². The highest BCUT2D eigenvalue weighted by Crippen LogP contribution is 2.37. The van der Waals surface area contributed by atoms with Crippen LogP contribution in [0.3, 0.4) is 0 Å². The summed E-state index contributed by atoms with van der Waals surface area (Å²) in [7, 11) is 0. The summed E-state index contributed by atoms with van der Waals surface area (Å²) in [5.41, 5.74) is 1.67. The molecule has 0 aromatic carbocycles. The molecule has 2 atom stereocenters.